The van der Waals surface area contributed by atoms with Crippen molar-refractivity contribution in [3.8, 4) is 11.3 Å². The van der Waals surface area contributed by atoms with Crippen LogP contribution in [0.2, 0.25) is 0 Å². The highest BCUT2D eigenvalue weighted by Gasteiger charge is 2.20. The predicted molar refractivity (Wildman–Crippen MR) is 112 cm³/mol. The largest absolute Gasteiger partial charge is 0.329 e. The summed E-state index contributed by atoms with van der Waals surface area (Å²) in [5, 5.41) is 7.09. The summed E-state index contributed by atoms with van der Waals surface area (Å²) in [7, 11) is -2.33. The SMILES string of the molecule is CC(CC(=O)Nc1ccc(CP(=O)(O)O)cc1)c1cnn(C)c1-c1ccc(F)cc1. The molecule has 1 aromatic heterocycles. The number of hydrogen-bond acceptors (Lipinski definition) is 3. The number of hydrogen-bond donors (Lipinski definition) is 3. The molecule has 1 amide bonds. The summed E-state index contributed by atoms with van der Waals surface area (Å²) in [6.45, 7) is 1.92. The van der Waals surface area contributed by atoms with Gasteiger partial charge in [0.1, 0.15) is 5.82 Å². The molecular weight excluding hydrogens is 408 g/mol. The minimum atomic E-state index is -4.13. The summed E-state index contributed by atoms with van der Waals surface area (Å²) in [6.07, 6.45) is 1.59. The second-order valence-electron chi connectivity index (χ2n) is 7.25. The van der Waals surface area contributed by atoms with E-state index in [1.165, 1.54) is 12.1 Å². The molecule has 2 aromatic carbocycles. The van der Waals surface area contributed by atoms with Crippen molar-refractivity contribution in [3.63, 3.8) is 0 Å². The minimum absolute atomic E-state index is 0.132. The molecule has 1 atom stereocenters. The zero-order chi connectivity index (χ0) is 21.9. The molecule has 0 aliphatic rings. The second kappa shape index (κ2) is 8.92. The summed E-state index contributed by atoms with van der Waals surface area (Å²) < 4.78 is 26.0. The number of nitrogens with one attached hydrogen (secondary N) is 1. The number of halogens is 1. The average Bonchev–Trinajstić information content (AvgIpc) is 3.04. The van der Waals surface area contributed by atoms with Gasteiger partial charge in [-0.25, -0.2) is 4.39 Å². The molecule has 158 valence electrons. The maximum Gasteiger partial charge on any atom is 0.329 e. The van der Waals surface area contributed by atoms with Gasteiger partial charge in [0.25, 0.3) is 0 Å². The van der Waals surface area contributed by atoms with Crippen molar-refractivity contribution in [1.82, 2.24) is 9.78 Å². The van der Waals surface area contributed by atoms with Gasteiger partial charge in [0, 0.05) is 30.3 Å². The zero-order valence-electron chi connectivity index (χ0n) is 16.6. The first-order valence-corrected chi connectivity index (χ1v) is 11.1. The van der Waals surface area contributed by atoms with Crippen molar-refractivity contribution in [2.24, 2.45) is 7.05 Å². The first kappa shape index (κ1) is 21.9. The number of rotatable bonds is 7. The molecule has 0 aliphatic carbocycles. The Morgan fingerprint density at radius 3 is 2.40 bits per heavy atom. The highest BCUT2D eigenvalue weighted by atomic mass is 31.2. The third-order valence-corrected chi connectivity index (χ3v) is 5.51. The molecule has 3 rings (SSSR count). The van der Waals surface area contributed by atoms with Gasteiger partial charge < -0.3 is 15.1 Å². The molecule has 1 unspecified atom stereocenters. The van der Waals surface area contributed by atoms with Gasteiger partial charge in [-0.2, -0.15) is 5.10 Å². The van der Waals surface area contributed by atoms with Crippen molar-refractivity contribution in [2.75, 3.05) is 5.32 Å². The van der Waals surface area contributed by atoms with Crippen LogP contribution in [0, 0.1) is 5.82 Å². The van der Waals surface area contributed by atoms with Gasteiger partial charge in [-0.3, -0.25) is 14.0 Å². The lowest BCUT2D eigenvalue weighted by atomic mass is 9.95. The smallest absolute Gasteiger partial charge is 0.326 e. The van der Waals surface area contributed by atoms with Crippen molar-refractivity contribution in [3.05, 3.63) is 71.7 Å². The summed E-state index contributed by atoms with van der Waals surface area (Å²) >= 11 is 0. The van der Waals surface area contributed by atoms with Crippen LogP contribution < -0.4 is 5.32 Å². The summed E-state index contributed by atoms with van der Waals surface area (Å²) in [6, 6.07) is 12.5. The van der Waals surface area contributed by atoms with Gasteiger partial charge in [-0.15, -0.1) is 0 Å². The van der Waals surface area contributed by atoms with Crippen molar-refractivity contribution in [2.45, 2.75) is 25.4 Å². The Hall–Kier alpha value is -2.80. The van der Waals surface area contributed by atoms with Crippen LogP contribution in [0.25, 0.3) is 11.3 Å². The standard InChI is InChI=1S/C21H23FN3O4P/c1-14(19-12-23-25(2)21(19)16-5-7-17(22)8-6-16)11-20(26)24-18-9-3-15(4-10-18)13-30(27,28)29/h3-10,12,14H,11,13H2,1-2H3,(H,24,26)(H2,27,28,29). The van der Waals surface area contributed by atoms with E-state index < -0.39 is 7.60 Å². The number of aryl methyl sites for hydroxylation is 1. The zero-order valence-corrected chi connectivity index (χ0v) is 17.5. The van der Waals surface area contributed by atoms with Gasteiger partial charge in [-0.1, -0.05) is 19.1 Å². The molecule has 9 heteroatoms. The number of carbonyl (C=O) groups is 1. The fraction of sp³-hybridized carbons (Fsp3) is 0.238. The highest BCUT2D eigenvalue weighted by Crippen LogP contribution is 2.39. The van der Waals surface area contributed by atoms with Crippen molar-refractivity contribution in [1.29, 1.82) is 0 Å². The molecule has 0 saturated carbocycles. The lowest BCUT2D eigenvalue weighted by Gasteiger charge is -2.14. The maximum atomic E-state index is 13.3. The molecular formula is C21H23FN3O4P. The third kappa shape index (κ3) is 5.63. The number of amides is 1. The maximum absolute atomic E-state index is 13.3. The Labute approximate surface area is 173 Å². The predicted octanol–water partition coefficient (Wildman–Crippen LogP) is 4.04. The van der Waals surface area contributed by atoms with E-state index in [9.17, 15) is 13.8 Å². The van der Waals surface area contributed by atoms with Gasteiger partial charge in [0.2, 0.25) is 5.91 Å². The molecule has 0 radical (unpaired) electrons. The van der Waals surface area contributed by atoms with Crippen LogP contribution in [0.15, 0.2) is 54.7 Å². The van der Waals surface area contributed by atoms with Crippen LogP contribution in [0.1, 0.15) is 30.4 Å². The van der Waals surface area contributed by atoms with E-state index in [4.69, 9.17) is 9.79 Å². The summed E-state index contributed by atoms with van der Waals surface area (Å²) in [5.74, 6) is -0.645. The Bertz CT molecular complexity index is 1070. The number of benzene rings is 2. The minimum Gasteiger partial charge on any atom is -0.326 e. The first-order chi connectivity index (χ1) is 14.1. The van der Waals surface area contributed by atoms with E-state index in [0.29, 0.717) is 11.3 Å². The van der Waals surface area contributed by atoms with E-state index in [0.717, 1.165) is 16.8 Å². The van der Waals surface area contributed by atoms with Crippen LogP contribution in [-0.2, 0) is 22.6 Å². The number of carbonyl (C=O) groups excluding carboxylic acids is 1. The summed E-state index contributed by atoms with van der Waals surface area (Å²) in [5.41, 5.74) is 3.58. The van der Waals surface area contributed by atoms with E-state index in [1.54, 1.807) is 54.3 Å². The summed E-state index contributed by atoms with van der Waals surface area (Å²) in [4.78, 5) is 30.6. The molecule has 3 N–H and O–H groups in total. The first-order valence-electron chi connectivity index (χ1n) is 9.33. The normalized spacial score (nSPS) is 12.6. The molecule has 3 aromatic rings. The molecule has 7 nitrogen and oxygen atoms in total. The fourth-order valence-electron chi connectivity index (χ4n) is 3.31. The number of anilines is 1. The molecule has 0 fully saturated rings. The average molecular weight is 431 g/mol. The molecule has 0 saturated heterocycles. The van der Waals surface area contributed by atoms with Crippen LogP contribution in [-0.4, -0.2) is 25.5 Å². The van der Waals surface area contributed by atoms with Crippen molar-refractivity contribution >= 4 is 19.2 Å². The number of aromatic nitrogens is 2. The molecule has 30 heavy (non-hydrogen) atoms. The van der Waals surface area contributed by atoms with E-state index >= 15 is 0 Å². The molecule has 0 bridgehead atoms. The van der Waals surface area contributed by atoms with Crippen LogP contribution in [0.5, 0.6) is 0 Å². The topological polar surface area (TPSA) is 104 Å². The third-order valence-electron chi connectivity index (χ3n) is 4.73. The van der Waals surface area contributed by atoms with Gasteiger partial charge in [0.05, 0.1) is 18.1 Å². The quantitative estimate of drug-likeness (QED) is 0.490. The number of nitrogens with zero attached hydrogens (tertiary/aromatic N) is 2. The lowest BCUT2D eigenvalue weighted by Crippen LogP contribution is -2.14. The van der Waals surface area contributed by atoms with Gasteiger partial charge in [0.15, 0.2) is 0 Å². The van der Waals surface area contributed by atoms with Crippen molar-refractivity contribution < 1.29 is 23.5 Å². The molecule has 1 heterocycles. The fourth-order valence-corrected chi connectivity index (χ4v) is 3.99. The van der Waals surface area contributed by atoms with E-state index in [1.807, 2.05) is 6.92 Å². The van der Waals surface area contributed by atoms with Crippen LogP contribution in [0.4, 0.5) is 10.1 Å². The second-order valence-corrected chi connectivity index (χ2v) is 8.90. The van der Waals surface area contributed by atoms with Gasteiger partial charge in [-0.05, 0) is 47.9 Å². The highest BCUT2D eigenvalue weighted by molar-refractivity contribution is 7.50. The Kier molecular flexibility index (Phi) is 6.51. The monoisotopic (exact) mass is 431 g/mol. The Balaban J connectivity index is 1.68. The van der Waals surface area contributed by atoms with Gasteiger partial charge >= 0.3 is 7.60 Å². The Morgan fingerprint density at radius 2 is 1.80 bits per heavy atom. The van der Waals surface area contributed by atoms with E-state index in [2.05, 4.69) is 10.4 Å². The van der Waals surface area contributed by atoms with Crippen LogP contribution >= 0.6 is 7.60 Å². The lowest BCUT2D eigenvalue weighted by molar-refractivity contribution is -0.116. The van der Waals surface area contributed by atoms with Crippen LogP contribution in [0.3, 0.4) is 0 Å². The molecule has 0 spiro atoms. The van der Waals surface area contributed by atoms with E-state index in [-0.39, 0.29) is 30.2 Å². The molecule has 0 aliphatic heterocycles. The Morgan fingerprint density at radius 1 is 1.17 bits per heavy atom.